The van der Waals surface area contributed by atoms with Gasteiger partial charge in [-0.3, -0.25) is 9.63 Å². The van der Waals surface area contributed by atoms with Crippen molar-refractivity contribution in [3.8, 4) is 0 Å². The van der Waals surface area contributed by atoms with Crippen LogP contribution in [0.4, 0.5) is 24.5 Å². The minimum absolute atomic E-state index is 0.00235. The Morgan fingerprint density at radius 3 is 2.31 bits per heavy atom. The van der Waals surface area contributed by atoms with Gasteiger partial charge in [-0.25, -0.2) is 8.42 Å². The topological polar surface area (TPSA) is 88.2 Å². The third kappa shape index (κ3) is 5.21. The van der Waals surface area contributed by atoms with Crippen LogP contribution in [0, 0.1) is 0 Å². The number of hydrogen-bond acceptors (Lipinski definition) is 6. The van der Waals surface area contributed by atoms with Gasteiger partial charge in [0.05, 0.1) is 42.2 Å². The fraction of sp³-hybridized carbons (Fsp3) is 0.350. The molecule has 1 aliphatic heterocycles. The maximum Gasteiger partial charge on any atom is 0.416 e. The van der Waals surface area contributed by atoms with Crippen LogP contribution in [0.2, 0.25) is 0 Å². The number of ether oxygens (including phenoxy) is 1. The van der Waals surface area contributed by atoms with E-state index in [0.717, 1.165) is 12.1 Å². The zero-order valence-corrected chi connectivity index (χ0v) is 18.2. The van der Waals surface area contributed by atoms with Gasteiger partial charge in [-0.2, -0.15) is 13.2 Å². The van der Waals surface area contributed by atoms with Crippen molar-refractivity contribution in [2.24, 2.45) is 0 Å². The molecule has 2 aromatic carbocycles. The first-order chi connectivity index (χ1) is 15.0. The van der Waals surface area contributed by atoms with Gasteiger partial charge >= 0.3 is 6.18 Å². The molecule has 0 bridgehead atoms. The highest BCUT2D eigenvalue weighted by molar-refractivity contribution is 7.89. The number of sulfonamides is 1. The number of hydrogen-bond donors (Lipinski definition) is 1. The fourth-order valence-electron chi connectivity index (χ4n) is 3.11. The summed E-state index contributed by atoms with van der Waals surface area (Å²) < 4.78 is 70.2. The average Bonchev–Trinajstić information content (AvgIpc) is 2.78. The van der Waals surface area contributed by atoms with Gasteiger partial charge < -0.3 is 15.0 Å². The molecule has 3 rings (SSSR count). The number of amides is 1. The van der Waals surface area contributed by atoms with Crippen LogP contribution in [0.3, 0.4) is 0 Å². The Morgan fingerprint density at radius 1 is 1.12 bits per heavy atom. The molecule has 1 amide bonds. The van der Waals surface area contributed by atoms with Crippen molar-refractivity contribution in [1.82, 2.24) is 4.47 Å². The van der Waals surface area contributed by atoms with Gasteiger partial charge in [0.25, 0.3) is 15.9 Å². The summed E-state index contributed by atoms with van der Waals surface area (Å²) in [5.74, 6) is -0.678. The summed E-state index contributed by atoms with van der Waals surface area (Å²) in [5, 5.41) is 2.52. The SMILES string of the molecule is CON(C)S(=O)(=O)c1ccc(C(=O)Nc2cc(C(F)(F)F)ccc2N2CCOCC2)cc1. The van der Waals surface area contributed by atoms with Crippen LogP contribution in [0.25, 0.3) is 0 Å². The van der Waals surface area contributed by atoms with E-state index in [-0.39, 0.29) is 16.1 Å². The molecule has 1 N–H and O–H groups in total. The van der Waals surface area contributed by atoms with Crippen LogP contribution < -0.4 is 10.2 Å². The molecule has 0 atom stereocenters. The number of rotatable bonds is 6. The Balaban J connectivity index is 1.89. The average molecular weight is 473 g/mol. The summed E-state index contributed by atoms with van der Waals surface area (Å²) in [7, 11) is -1.48. The van der Waals surface area contributed by atoms with Gasteiger partial charge in [-0.1, -0.05) is 4.47 Å². The Bertz CT molecular complexity index is 1070. The molecular weight excluding hydrogens is 451 g/mol. The molecule has 0 spiro atoms. The van der Waals surface area contributed by atoms with Crippen molar-refractivity contribution in [2.45, 2.75) is 11.1 Å². The van der Waals surface area contributed by atoms with Gasteiger partial charge in [0, 0.05) is 25.7 Å². The molecule has 1 heterocycles. The molecule has 0 radical (unpaired) electrons. The van der Waals surface area contributed by atoms with Crippen LogP contribution in [0.5, 0.6) is 0 Å². The van der Waals surface area contributed by atoms with Gasteiger partial charge in [-0.15, -0.1) is 0 Å². The standard InChI is InChI=1S/C20H22F3N3O5S/c1-25(30-2)32(28,29)16-6-3-14(4-7-16)19(27)24-17-13-15(20(21,22)23)5-8-18(17)26-9-11-31-12-10-26/h3-8,13H,9-12H2,1-2H3,(H,24,27). The minimum Gasteiger partial charge on any atom is -0.378 e. The summed E-state index contributed by atoms with van der Waals surface area (Å²) in [6, 6.07) is 8.15. The van der Waals surface area contributed by atoms with Crippen LogP contribution in [-0.2, 0) is 25.8 Å². The molecule has 12 heteroatoms. The normalized spacial score (nSPS) is 15.1. The number of carbonyl (C=O) groups excluding carboxylic acids is 1. The lowest BCUT2D eigenvalue weighted by Gasteiger charge is -2.31. The number of alkyl halides is 3. The molecule has 1 fully saturated rings. The summed E-state index contributed by atoms with van der Waals surface area (Å²) in [6.07, 6.45) is -4.58. The second-order valence-electron chi connectivity index (χ2n) is 6.90. The van der Waals surface area contributed by atoms with E-state index in [1.54, 1.807) is 0 Å². The number of halogens is 3. The largest absolute Gasteiger partial charge is 0.416 e. The predicted molar refractivity (Wildman–Crippen MR) is 111 cm³/mol. The fourth-order valence-corrected chi connectivity index (χ4v) is 4.08. The number of nitrogens with one attached hydrogen (secondary N) is 1. The van der Waals surface area contributed by atoms with Crippen molar-refractivity contribution < 1.29 is 36.0 Å². The lowest BCUT2D eigenvalue weighted by atomic mass is 10.1. The van der Waals surface area contributed by atoms with Gasteiger partial charge in [0.2, 0.25) is 0 Å². The molecule has 2 aromatic rings. The number of anilines is 2. The Morgan fingerprint density at radius 2 is 1.75 bits per heavy atom. The lowest BCUT2D eigenvalue weighted by Crippen LogP contribution is -2.36. The molecule has 0 saturated carbocycles. The van der Waals surface area contributed by atoms with Gasteiger partial charge in [0.1, 0.15) is 0 Å². The second kappa shape index (κ2) is 9.45. The van der Waals surface area contributed by atoms with E-state index >= 15 is 0 Å². The first-order valence-electron chi connectivity index (χ1n) is 9.52. The predicted octanol–water partition coefficient (Wildman–Crippen LogP) is 2.98. The Labute approximate surface area is 183 Å². The van der Waals surface area contributed by atoms with E-state index in [9.17, 15) is 26.4 Å². The number of carbonyl (C=O) groups is 1. The van der Waals surface area contributed by atoms with Crippen molar-refractivity contribution in [3.63, 3.8) is 0 Å². The highest BCUT2D eigenvalue weighted by atomic mass is 32.2. The third-order valence-corrected chi connectivity index (χ3v) is 6.63. The van der Waals surface area contributed by atoms with E-state index in [2.05, 4.69) is 5.32 Å². The number of morpholine rings is 1. The maximum absolute atomic E-state index is 13.2. The Kier molecular flexibility index (Phi) is 7.08. The smallest absolute Gasteiger partial charge is 0.378 e. The van der Waals surface area contributed by atoms with Crippen LogP contribution in [0.15, 0.2) is 47.4 Å². The molecule has 8 nitrogen and oxygen atoms in total. The zero-order chi connectivity index (χ0) is 23.5. The van der Waals surface area contributed by atoms with Crippen molar-refractivity contribution >= 4 is 27.3 Å². The van der Waals surface area contributed by atoms with Crippen molar-refractivity contribution in [3.05, 3.63) is 53.6 Å². The molecule has 1 aliphatic rings. The minimum atomic E-state index is -4.58. The molecule has 174 valence electrons. The summed E-state index contributed by atoms with van der Waals surface area (Å²) >= 11 is 0. The van der Waals surface area contributed by atoms with E-state index in [4.69, 9.17) is 9.57 Å². The highest BCUT2D eigenvalue weighted by Gasteiger charge is 2.32. The summed E-state index contributed by atoms with van der Waals surface area (Å²) in [5.41, 5.74) is -0.374. The number of benzene rings is 2. The maximum atomic E-state index is 13.2. The Hall–Kier alpha value is -2.67. The molecule has 0 unspecified atom stereocenters. The van der Waals surface area contributed by atoms with Crippen LogP contribution in [0.1, 0.15) is 15.9 Å². The summed E-state index contributed by atoms with van der Waals surface area (Å²) in [6.45, 7) is 1.77. The highest BCUT2D eigenvalue weighted by Crippen LogP contribution is 2.36. The van der Waals surface area contributed by atoms with Crippen molar-refractivity contribution in [1.29, 1.82) is 0 Å². The number of nitrogens with zero attached hydrogens (tertiary/aromatic N) is 2. The summed E-state index contributed by atoms with van der Waals surface area (Å²) in [4.78, 5) is 19.2. The van der Waals surface area contributed by atoms with Gasteiger partial charge in [0.15, 0.2) is 0 Å². The molecular formula is C20H22F3N3O5S. The monoisotopic (exact) mass is 473 g/mol. The first-order valence-corrected chi connectivity index (χ1v) is 11.0. The van der Waals surface area contributed by atoms with E-state index < -0.39 is 27.7 Å². The van der Waals surface area contributed by atoms with E-state index in [1.807, 2.05) is 4.90 Å². The van der Waals surface area contributed by atoms with Gasteiger partial charge in [-0.05, 0) is 42.5 Å². The van der Waals surface area contributed by atoms with Crippen molar-refractivity contribution in [2.75, 3.05) is 50.7 Å². The van der Waals surface area contributed by atoms with E-state index in [1.165, 1.54) is 44.5 Å². The zero-order valence-electron chi connectivity index (χ0n) is 17.3. The van der Waals surface area contributed by atoms with E-state index in [0.29, 0.717) is 36.5 Å². The van der Waals surface area contributed by atoms with Crippen LogP contribution in [-0.4, -0.2) is 59.3 Å². The quantitative estimate of drug-likeness (QED) is 0.649. The molecule has 1 saturated heterocycles. The first kappa shape index (κ1) is 24.0. The third-order valence-electron chi connectivity index (χ3n) is 4.93. The molecule has 0 aliphatic carbocycles. The molecule has 0 aromatic heterocycles. The van der Waals surface area contributed by atoms with Crippen LogP contribution >= 0.6 is 0 Å². The molecule has 32 heavy (non-hydrogen) atoms. The number of hydroxylamine groups is 1. The second-order valence-corrected chi connectivity index (χ2v) is 8.84. The lowest BCUT2D eigenvalue weighted by molar-refractivity contribution is -0.137.